The molecule has 0 aromatic rings. The summed E-state index contributed by atoms with van der Waals surface area (Å²) in [7, 11) is 0. The van der Waals surface area contributed by atoms with Crippen LogP contribution < -0.4 is 5.32 Å². The number of hydrogen-bond donors (Lipinski definition) is 1. The maximum Gasteiger partial charge on any atom is 0.119 e. The van der Waals surface area contributed by atoms with Crippen molar-refractivity contribution >= 4 is 0 Å². The Labute approximate surface area is 81.0 Å². The van der Waals surface area contributed by atoms with Crippen LogP contribution >= 0.6 is 0 Å². The predicted octanol–water partition coefficient (Wildman–Crippen LogP) is 2.44. The van der Waals surface area contributed by atoms with Gasteiger partial charge >= 0.3 is 0 Å². The van der Waals surface area contributed by atoms with Crippen molar-refractivity contribution < 1.29 is 4.74 Å². The molecule has 0 aromatic heterocycles. The second kappa shape index (κ2) is 3.97. The molecule has 0 aromatic carbocycles. The Balaban J connectivity index is 1.90. The third-order valence-electron chi connectivity index (χ3n) is 3.33. The molecule has 1 heterocycles. The summed E-state index contributed by atoms with van der Waals surface area (Å²) in [6, 6.07) is 0. The molecule has 1 N–H and O–H groups in total. The summed E-state index contributed by atoms with van der Waals surface area (Å²) >= 11 is 0. The Kier molecular flexibility index (Phi) is 2.89. The molecule has 1 atom stereocenters. The molecule has 2 fully saturated rings. The van der Waals surface area contributed by atoms with E-state index in [2.05, 4.69) is 12.2 Å². The summed E-state index contributed by atoms with van der Waals surface area (Å²) in [5.41, 5.74) is 0.0953. The molecule has 1 aliphatic heterocycles. The fourth-order valence-electron chi connectivity index (χ4n) is 2.65. The molecule has 1 aliphatic carbocycles. The standard InChI is InChI=1S/C11H21NO/c1-2-5-10-6-9-12-11(13-10)7-3-4-8-11/h10,12H,2-9H2,1H3. The van der Waals surface area contributed by atoms with Crippen LogP contribution in [-0.4, -0.2) is 18.4 Å². The smallest absolute Gasteiger partial charge is 0.119 e. The summed E-state index contributed by atoms with van der Waals surface area (Å²) in [5, 5.41) is 3.56. The molecular formula is C11H21NO. The van der Waals surface area contributed by atoms with Crippen molar-refractivity contribution in [3.63, 3.8) is 0 Å². The first-order valence-corrected chi connectivity index (χ1v) is 5.77. The van der Waals surface area contributed by atoms with Gasteiger partial charge in [-0.3, -0.25) is 5.32 Å². The van der Waals surface area contributed by atoms with Crippen molar-refractivity contribution in [3.8, 4) is 0 Å². The van der Waals surface area contributed by atoms with Crippen molar-refractivity contribution in [2.45, 2.75) is 63.7 Å². The zero-order valence-electron chi connectivity index (χ0n) is 8.64. The lowest BCUT2D eigenvalue weighted by atomic mass is 10.0. The third-order valence-corrected chi connectivity index (χ3v) is 3.33. The van der Waals surface area contributed by atoms with Gasteiger partial charge < -0.3 is 4.74 Å². The maximum absolute atomic E-state index is 6.16. The predicted molar refractivity (Wildman–Crippen MR) is 53.6 cm³/mol. The lowest BCUT2D eigenvalue weighted by Gasteiger charge is -2.39. The van der Waals surface area contributed by atoms with Crippen molar-refractivity contribution in [1.82, 2.24) is 5.32 Å². The van der Waals surface area contributed by atoms with E-state index in [-0.39, 0.29) is 5.72 Å². The van der Waals surface area contributed by atoms with E-state index in [0.29, 0.717) is 6.10 Å². The van der Waals surface area contributed by atoms with E-state index in [1.165, 1.54) is 44.9 Å². The third kappa shape index (κ3) is 2.05. The van der Waals surface area contributed by atoms with Gasteiger partial charge in [-0.25, -0.2) is 0 Å². The molecular weight excluding hydrogens is 162 g/mol. The second-order valence-corrected chi connectivity index (χ2v) is 4.45. The van der Waals surface area contributed by atoms with E-state index in [1.807, 2.05) is 0 Å². The molecule has 1 saturated heterocycles. The van der Waals surface area contributed by atoms with Gasteiger partial charge in [-0.15, -0.1) is 0 Å². The van der Waals surface area contributed by atoms with Gasteiger partial charge in [-0.2, -0.15) is 0 Å². The first kappa shape index (κ1) is 9.47. The molecule has 76 valence electrons. The fourth-order valence-corrected chi connectivity index (χ4v) is 2.65. The molecule has 1 unspecified atom stereocenters. The van der Waals surface area contributed by atoms with Gasteiger partial charge in [0.15, 0.2) is 0 Å². The summed E-state index contributed by atoms with van der Waals surface area (Å²) < 4.78 is 6.16. The van der Waals surface area contributed by atoms with Crippen molar-refractivity contribution in [2.24, 2.45) is 0 Å². The molecule has 1 saturated carbocycles. The van der Waals surface area contributed by atoms with Crippen LogP contribution in [0.25, 0.3) is 0 Å². The first-order valence-electron chi connectivity index (χ1n) is 5.77. The van der Waals surface area contributed by atoms with Gasteiger partial charge in [0.2, 0.25) is 0 Å². The summed E-state index contributed by atoms with van der Waals surface area (Å²) in [5.74, 6) is 0. The molecule has 0 bridgehead atoms. The molecule has 1 spiro atoms. The highest BCUT2D eigenvalue weighted by molar-refractivity contribution is 4.88. The zero-order valence-corrected chi connectivity index (χ0v) is 8.64. The number of rotatable bonds is 2. The molecule has 0 radical (unpaired) electrons. The molecule has 0 amide bonds. The van der Waals surface area contributed by atoms with Crippen molar-refractivity contribution in [1.29, 1.82) is 0 Å². The van der Waals surface area contributed by atoms with Crippen LogP contribution in [0.2, 0.25) is 0 Å². The highest BCUT2D eigenvalue weighted by Crippen LogP contribution is 2.35. The van der Waals surface area contributed by atoms with Gasteiger partial charge in [-0.05, 0) is 38.5 Å². The average Bonchev–Trinajstić information content (AvgIpc) is 2.54. The van der Waals surface area contributed by atoms with E-state index >= 15 is 0 Å². The monoisotopic (exact) mass is 183 g/mol. The highest BCUT2D eigenvalue weighted by atomic mass is 16.5. The lowest BCUT2D eigenvalue weighted by Crippen LogP contribution is -2.52. The first-order chi connectivity index (χ1) is 6.35. The molecule has 2 rings (SSSR count). The fraction of sp³-hybridized carbons (Fsp3) is 1.00. The minimum atomic E-state index is 0.0953. The largest absolute Gasteiger partial charge is 0.357 e. The highest BCUT2D eigenvalue weighted by Gasteiger charge is 2.38. The van der Waals surface area contributed by atoms with Crippen LogP contribution in [-0.2, 0) is 4.74 Å². The number of ether oxygens (including phenoxy) is 1. The minimum Gasteiger partial charge on any atom is -0.357 e. The molecule has 2 heteroatoms. The van der Waals surface area contributed by atoms with Crippen LogP contribution in [0.3, 0.4) is 0 Å². The van der Waals surface area contributed by atoms with E-state index in [1.54, 1.807) is 0 Å². The van der Waals surface area contributed by atoms with Crippen molar-refractivity contribution in [2.75, 3.05) is 6.54 Å². The van der Waals surface area contributed by atoms with E-state index in [0.717, 1.165) is 6.54 Å². The summed E-state index contributed by atoms with van der Waals surface area (Å²) in [6.45, 7) is 3.40. The van der Waals surface area contributed by atoms with Gasteiger partial charge in [0, 0.05) is 6.54 Å². The summed E-state index contributed by atoms with van der Waals surface area (Å²) in [6.07, 6.45) is 9.36. The van der Waals surface area contributed by atoms with Crippen molar-refractivity contribution in [3.05, 3.63) is 0 Å². The quantitative estimate of drug-likeness (QED) is 0.710. The van der Waals surface area contributed by atoms with Crippen LogP contribution in [0, 0.1) is 0 Å². The molecule has 2 aliphatic rings. The Bertz CT molecular complexity index is 161. The van der Waals surface area contributed by atoms with Gasteiger partial charge in [0.05, 0.1) is 6.10 Å². The van der Waals surface area contributed by atoms with Crippen LogP contribution in [0.1, 0.15) is 51.9 Å². The Morgan fingerprint density at radius 3 is 2.85 bits per heavy atom. The Morgan fingerprint density at radius 1 is 1.38 bits per heavy atom. The van der Waals surface area contributed by atoms with E-state index in [9.17, 15) is 0 Å². The van der Waals surface area contributed by atoms with Crippen LogP contribution in [0.5, 0.6) is 0 Å². The maximum atomic E-state index is 6.16. The average molecular weight is 183 g/mol. The zero-order chi connectivity index (χ0) is 9.15. The summed E-state index contributed by atoms with van der Waals surface area (Å²) in [4.78, 5) is 0. The second-order valence-electron chi connectivity index (χ2n) is 4.45. The normalized spacial score (nSPS) is 32.5. The Morgan fingerprint density at radius 2 is 2.15 bits per heavy atom. The van der Waals surface area contributed by atoms with E-state index in [4.69, 9.17) is 4.74 Å². The van der Waals surface area contributed by atoms with Gasteiger partial charge in [0.25, 0.3) is 0 Å². The number of hydrogen-bond acceptors (Lipinski definition) is 2. The van der Waals surface area contributed by atoms with Gasteiger partial charge in [-0.1, -0.05) is 13.3 Å². The minimum absolute atomic E-state index is 0.0953. The lowest BCUT2D eigenvalue weighted by molar-refractivity contribution is -0.140. The molecule has 2 nitrogen and oxygen atoms in total. The van der Waals surface area contributed by atoms with Gasteiger partial charge in [0.1, 0.15) is 5.72 Å². The SMILES string of the molecule is CCCC1CCNC2(CCCC2)O1. The Hall–Kier alpha value is -0.0800. The number of nitrogens with one attached hydrogen (secondary N) is 1. The van der Waals surface area contributed by atoms with Crippen LogP contribution in [0.15, 0.2) is 0 Å². The topological polar surface area (TPSA) is 21.3 Å². The molecule has 13 heavy (non-hydrogen) atoms. The van der Waals surface area contributed by atoms with Crippen LogP contribution in [0.4, 0.5) is 0 Å². The van der Waals surface area contributed by atoms with E-state index < -0.39 is 0 Å².